The van der Waals surface area contributed by atoms with Crippen molar-refractivity contribution >= 4 is 0 Å². The summed E-state index contributed by atoms with van der Waals surface area (Å²) in [6.07, 6.45) is 5.32. The highest BCUT2D eigenvalue weighted by Crippen LogP contribution is 2.37. The molecule has 1 aliphatic carbocycles. The topological polar surface area (TPSA) is 57.6 Å². The van der Waals surface area contributed by atoms with Gasteiger partial charge in [0.25, 0.3) is 0 Å². The molecule has 0 heterocycles. The Balaban J connectivity index is 0.000001000. The van der Waals surface area contributed by atoms with Crippen molar-refractivity contribution in [3.8, 4) is 0 Å². The summed E-state index contributed by atoms with van der Waals surface area (Å²) >= 11 is 0. The van der Waals surface area contributed by atoms with Gasteiger partial charge in [0.1, 0.15) is 0 Å². The highest BCUT2D eigenvalue weighted by molar-refractivity contribution is 4.84. The fraction of sp³-hybridized carbons (Fsp3) is 1.00. The van der Waals surface area contributed by atoms with Crippen LogP contribution in [0.2, 0.25) is 0 Å². The van der Waals surface area contributed by atoms with Gasteiger partial charge in [-0.05, 0) is 25.2 Å². The number of hydrogen-bond acceptors (Lipinski definition) is 1. The van der Waals surface area contributed by atoms with Crippen molar-refractivity contribution in [2.45, 2.75) is 52.0 Å². The lowest BCUT2D eigenvalue weighted by molar-refractivity contribution is -0.480. The molecule has 0 bridgehead atoms. The molecule has 1 aliphatic rings. The molecule has 0 amide bonds. The molecule has 2 heteroatoms. The molecule has 4 N–H and O–H groups in total. The van der Waals surface area contributed by atoms with E-state index in [2.05, 4.69) is 26.5 Å². The quantitative estimate of drug-likeness (QED) is 0.571. The van der Waals surface area contributed by atoms with Gasteiger partial charge in [-0.25, -0.2) is 0 Å². The van der Waals surface area contributed by atoms with E-state index in [1.807, 2.05) is 0 Å². The van der Waals surface area contributed by atoms with Crippen LogP contribution in [-0.4, -0.2) is 11.0 Å². The summed E-state index contributed by atoms with van der Waals surface area (Å²) in [5.41, 5.74) is 5.17. The molecule has 0 radical (unpaired) electrons. The summed E-state index contributed by atoms with van der Waals surface area (Å²) in [5.74, 6) is 0. The van der Waals surface area contributed by atoms with Crippen molar-refractivity contribution in [1.82, 2.24) is 0 Å². The minimum Gasteiger partial charge on any atom is -0.870 e. The Kier molecular flexibility index (Phi) is 3.09. The Morgan fingerprint density at radius 2 is 1.27 bits per heavy atom. The van der Waals surface area contributed by atoms with Crippen LogP contribution < -0.4 is 5.73 Å². The Hall–Kier alpha value is -0.0800. The third kappa shape index (κ3) is 3.21. The van der Waals surface area contributed by atoms with E-state index in [9.17, 15) is 0 Å². The third-order valence-electron chi connectivity index (χ3n) is 2.81. The first-order chi connectivity index (χ1) is 4.41. The maximum atomic E-state index is 4.20. The van der Waals surface area contributed by atoms with Gasteiger partial charge < -0.3 is 11.2 Å². The molecule has 1 fully saturated rings. The van der Waals surface area contributed by atoms with Crippen LogP contribution in [0.4, 0.5) is 0 Å². The van der Waals surface area contributed by atoms with Crippen LogP contribution >= 0.6 is 0 Å². The predicted molar refractivity (Wildman–Crippen MR) is 45.5 cm³/mol. The van der Waals surface area contributed by atoms with Gasteiger partial charge in [-0.3, -0.25) is 0 Å². The Bertz CT molecular complexity index is 102. The van der Waals surface area contributed by atoms with Crippen LogP contribution in [0.5, 0.6) is 0 Å². The lowest BCUT2D eigenvalue weighted by Gasteiger charge is -2.36. The minimum atomic E-state index is 0. The molecule has 0 aromatic heterocycles. The van der Waals surface area contributed by atoms with Crippen LogP contribution in [0.15, 0.2) is 0 Å². The molecular weight excluding hydrogens is 138 g/mol. The second kappa shape index (κ2) is 3.11. The SMILES string of the molecule is CC1(C)CCC(C)([NH3+])CC1.[OH-]. The summed E-state index contributed by atoms with van der Waals surface area (Å²) in [5, 5.41) is 0. The highest BCUT2D eigenvalue weighted by Gasteiger charge is 2.34. The Labute approximate surface area is 69.5 Å². The molecule has 0 aliphatic heterocycles. The first kappa shape index (κ1) is 10.9. The van der Waals surface area contributed by atoms with Crippen molar-refractivity contribution in [2.75, 3.05) is 0 Å². The van der Waals surface area contributed by atoms with Crippen LogP contribution in [0.25, 0.3) is 0 Å². The molecule has 2 nitrogen and oxygen atoms in total. The molecular formula is C9H21NO. The molecule has 0 aromatic rings. The van der Waals surface area contributed by atoms with E-state index >= 15 is 0 Å². The summed E-state index contributed by atoms with van der Waals surface area (Å²) in [7, 11) is 0. The van der Waals surface area contributed by atoms with Gasteiger partial charge in [-0.1, -0.05) is 13.8 Å². The monoisotopic (exact) mass is 159 g/mol. The third-order valence-corrected chi connectivity index (χ3v) is 2.81. The van der Waals surface area contributed by atoms with E-state index in [1.165, 1.54) is 25.7 Å². The standard InChI is InChI=1S/C9H19N.H2O/c1-8(2)4-6-9(3,10)7-5-8;/h4-7,10H2,1-3H3;1H2. The van der Waals surface area contributed by atoms with E-state index in [1.54, 1.807) is 0 Å². The predicted octanol–water partition coefficient (Wildman–Crippen LogP) is 1.41. The maximum absolute atomic E-state index is 4.20. The van der Waals surface area contributed by atoms with Gasteiger partial charge in [-0.15, -0.1) is 0 Å². The molecule has 0 aromatic carbocycles. The zero-order valence-electron chi connectivity index (χ0n) is 7.98. The fourth-order valence-electron chi connectivity index (χ4n) is 1.53. The smallest absolute Gasteiger partial charge is 0.0917 e. The van der Waals surface area contributed by atoms with E-state index in [0.717, 1.165) is 0 Å². The first-order valence-corrected chi connectivity index (χ1v) is 4.27. The van der Waals surface area contributed by atoms with Gasteiger partial charge in [0.2, 0.25) is 0 Å². The van der Waals surface area contributed by atoms with Crippen molar-refractivity contribution in [1.29, 1.82) is 0 Å². The zero-order chi connectivity index (χ0) is 7.83. The molecule has 11 heavy (non-hydrogen) atoms. The molecule has 0 spiro atoms. The van der Waals surface area contributed by atoms with Gasteiger partial charge in [0, 0.05) is 12.8 Å². The van der Waals surface area contributed by atoms with Crippen LogP contribution in [0.3, 0.4) is 0 Å². The highest BCUT2D eigenvalue weighted by atomic mass is 16.0. The molecule has 0 saturated heterocycles. The summed E-state index contributed by atoms with van der Waals surface area (Å²) in [6.45, 7) is 7.01. The average molecular weight is 159 g/mol. The lowest BCUT2D eigenvalue weighted by Crippen LogP contribution is -2.72. The van der Waals surface area contributed by atoms with Crippen LogP contribution in [0.1, 0.15) is 46.5 Å². The second-order valence-corrected chi connectivity index (χ2v) is 4.97. The average Bonchev–Trinajstić information content (AvgIpc) is 1.79. The second-order valence-electron chi connectivity index (χ2n) is 4.97. The number of hydrogen-bond donors (Lipinski definition) is 1. The summed E-state index contributed by atoms with van der Waals surface area (Å²) in [4.78, 5) is 0. The van der Waals surface area contributed by atoms with E-state index in [-0.39, 0.29) is 5.48 Å². The maximum Gasteiger partial charge on any atom is 0.0917 e. The fourth-order valence-corrected chi connectivity index (χ4v) is 1.53. The normalized spacial score (nSPS) is 27.3. The van der Waals surface area contributed by atoms with Gasteiger partial charge in [-0.2, -0.15) is 0 Å². The van der Waals surface area contributed by atoms with Gasteiger partial charge in [0.15, 0.2) is 0 Å². The minimum absolute atomic E-state index is 0. The van der Waals surface area contributed by atoms with E-state index in [4.69, 9.17) is 0 Å². The van der Waals surface area contributed by atoms with E-state index in [0.29, 0.717) is 11.0 Å². The molecule has 0 unspecified atom stereocenters. The van der Waals surface area contributed by atoms with Crippen LogP contribution in [0, 0.1) is 5.41 Å². The molecule has 1 saturated carbocycles. The summed E-state index contributed by atoms with van der Waals surface area (Å²) < 4.78 is 0. The van der Waals surface area contributed by atoms with Crippen molar-refractivity contribution < 1.29 is 11.2 Å². The van der Waals surface area contributed by atoms with Crippen molar-refractivity contribution in [2.24, 2.45) is 5.41 Å². The number of quaternary nitrogens is 1. The number of rotatable bonds is 0. The molecule has 68 valence electrons. The zero-order valence-corrected chi connectivity index (χ0v) is 7.98. The largest absolute Gasteiger partial charge is 0.870 e. The Morgan fingerprint density at radius 1 is 0.909 bits per heavy atom. The first-order valence-electron chi connectivity index (χ1n) is 4.27. The Morgan fingerprint density at radius 3 is 1.55 bits per heavy atom. The van der Waals surface area contributed by atoms with E-state index < -0.39 is 0 Å². The lowest BCUT2D eigenvalue weighted by atomic mass is 9.71. The van der Waals surface area contributed by atoms with Gasteiger partial charge >= 0.3 is 0 Å². The summed E-state index contributed by atoms with van der Waals surface area (Å²) in [6, 6.07) is 0. The molecule has 0 atom stereocenters. The molecule has 1 rings (SSSR count). The van der Waals surface area contributed by atoms with Crippen molar-refractivity contribution in [3.63, 3.8) is 0 Å². The van der Waals surface area contributed by atoms with Gasteiger partial charge in [0.05, 0.1) is 5.54 Å². The van der Waals surface area contributed by atoms with Crippen LogP contribution in [-0.2, 0) is 0 Å². The van der Waals surface area contributed by atoms with Crippen molar-refractivity contribution in [3.05, 3.63) is 0 Å².